The van der Waals surface area contributed by atoms with Crippen LogP contribution in [0.5, 0.6) is 0 Å². The van der Waals surface area contributed by atoms with Crippen molar-refractivity contribution in [2.75, 3.05) is 10.6 Å². The molecule has 0 aromatic heterocycles. The molecule has 2 N–H and O–H groups in total. The van der Waals surface area contributed by atoms with Crippen LogP contribution >= 0.6 is 12.2 Å². The standard InChI is InChI=1S/C17H20N2S/c1-12(2)14-8-10-15(11-9-14)18-17(20)19-16-7-5-4-6-13(16)3/h4-12H,1-3H3,(H2,18,19,20). The summed E-state index contributed by atoms with van der Waals surface area (Å²) in [6, 6.07) is 16.5. The van der Waals surface area contributed by atoms with Crippen molar-refractivity contribution in [3.63, 3.8) is 0 Å². The molecular formula is C17H20N2S. The minimum absolute atomic E-state index is 0.543. The van der Waals surface area contributed by atoms with Gasteiger partial charge in [0.05, 0.1) is 0 Å². The summed E-state index contributed by atoms with van der Waals surface area (Å²) < 4.78 is 0. The summed E-state index contributed by atoms with van der Waals surface area (Å²) in [7, 11) is 0. The minimum atomic E-state index is 0.543. The van der Waals surface area contributed by atoms with E-state index in [1.807, 2.05) is 18.2 Å². The van der Waals surface area contributed by atoms with Crippen molar-refractivity contribution in [1.82, 2.24) is 0 Å². The first-order chi connectivity index (χ1) is 9.56. The van der Waals surface area contributed by atoms with Crippen molar-refractivity contribution in [1.29, 1.82) is 0 Å². The van der Waals surface area contributed by atoms with Gasteiger partial charge in [-0.3, -0.25) is 0 Å². The van der Waals surface area contributed by atoms with Crippen LogP contribution in [-0.2, 0) is 0 Å². The molecule has 0 atom stereocenters. The summed E-state index contributed by atoms with van der Waals surface area (Å²) in [5, 5.41) is 7.03. The summed E-state index contributed by atoms with van der Waals surface area (Å²) in [5.41, 5.74) is 4.53. The highest BCUT2D eigenvalue weighted by Crippen LogP contribution is 2.18. The predicted molar refractivity (Wildman–Crippen MR) is 91.6 cm³/mol. The highest BCUT2D eigenvalue weighted by atomic mass is 32.1. The number of benzene rings is 2. The van der Waals surface area contributed by atoms with E-state index in [4.69, 9.17) is 12.2 Å². The van der Waals surface area contributed by atoms with E-state index in [9.17, 15) is 0 Å². The van der Waals surface area contributed by atoms with Crippen molar-refractivity contribution >= 4 is 28.7 Å². The number of thiocarbonyl (C=S) groups is 1. The third kappa shape index (κ3) is 3.81. The maximum Gasteiger partial charge on any atom is 0.175 e. The number of hydrogen-bond acceptors (Lipinski definition) is 1. The van der Waals surface area contributed by atoms with E-state index in [0.29, 0.717) is 11.0 Å². The monoisotopic (exact) mass is 284 g/mol. The normalized spacial score (nSPS) is 10.4. The van der Waals surface area contributed by atoms with Gasteiger partial charge in [0.15, 0.2) is 5.11 Å². The van der Waals surface area contributed by atoms with E-state index in [1.165, 1.54) is 11.1 Å². The average Bonchev–Trinajstić information content (AvgIpc) is 2.42. The SMILES string of the molecule is Cc1ccccc1NC(=S)Nc1ccc(C(C)C)cc1. The molecule has 0 bridgehead atoms. The summed E-state index contributed by atoms with van der Waals surface area (Å²) in [5.74, 6) is 0.543. The summed E-state index contributed by atoms with van der Waals surface area (Å²) in [6.45, 7) is 6.43. The van der Waals surface area contributed by atoms with Crippen LogP contribution < -0.4 is 10.6 Å². The first-order valence-electron chi connectivity index (χ1n) is 6.80. The molecule has 20 heavy (non-hydrogen) atoms. The zero-order chi connectivity index (χ0) is 14.5. The second kappa shape index (κ2) is 6.53. The van der Waals surface area contributed by atoms with Crippen molar-refractivity contribution in [3.8, 4) is 0 Å². The topological polar surface area (TPSA) is 24.1 Å². The van der Waals surface area contributed by atoms with E-state index in [2.05, 4.69) is 61.7 Å². The van der Waals surface area contributed by atoms with E-state index in [1.54, 1.807) is 0 Å². The Hall–Kier alpha value is -1.87. The molecule has 3 heteroatoms. The van der Waals surface area contributed by atoms with Gasteiger partial charge in [0.1, 0.15) is 0 Å². The maximum atomic E-state index is 5.34. The molecule has 0 unspecified atom stereocenters. The van der Waals surface area contributed by atoms with Gasteiger partial charge in [0, 0.05) is 11.4 Å². The zero-order valence-corrected chi connectivity index (χ0v) is 12.9. The fourth-order valence-electron chi connectivity index (χ4n) is 1.95. The van der Waals surface area contributed by atoms with Crippen molar-refractivity contribution < 1.29 is 0 Å². The second-order valence-electron chi connectivity index (χ2n) is 5.17. The lowest BCUT2D eigenvalue weighted by atomic mass is 10.0. The molecule has 0 saturated heterocycles. The Kier molecular flexibility index (Phi) is 4.74. The second-order valence-corrected chi connectivity index (χ2v) is 5.58. The minimum Gasteiger partial charge on any atom is -0.332 e. The molecule has 2 nitrogen and oxygen atoms in total. The lowest BCUT2D eigenvalue weighted by molar-refractivity contribution is 0.867. The van der Waals surface area contributed by atoms with Gasteiger partial charge in [0.25, 0.3) is 0 Å². The molecule has 2 rings (SSSR count). The van der Waals surface area contributed by atoms with Gasteiger partial charge in [-0.1, -0.05) is 44.2 Å². The van der Waals surface area contributed by atoms with Crippen LogP contribution in [0.25, 0.3) is 0 Å². The molecule has 0 saturated carbocycles. The Labute approximate surface area is 126 Å². The van der Waals surface area contributed by atoms with Crippen LogP contribution in [0.1, 0.15) is 30.9 Å². The van der Waals surface area contributed by atoms with E-state index < -0.39 is 0 Å². The Balaban J connectivity index is 1.99. The molecule has 0 fully saturated rings. The molecule has 2 aromatic rings. The number of anilines is 2. The zero-order valence-electron chi connectivity index (χ0n) is 12.1. The molecule has 0 radical (unpaired) electrons. The molecule has 0 spiro atoms. The van der Waals surface area contributed by atoms with Gasteiger partial charge in [0.2, 0.25) is 0 Å². The number of aryl methyl sites for hydroxylation is 1. The van der Waals surface area contributed by atoms with Crippen molar-refractivity contribution in [2.24, 2.45) is 0 Å². The third-order valence-electron chi connectivity index (χ3n) is 3.23. The summed E-state index contributed by atoms with van der Waals surface area (Å²) in [6.07, 6.45) is 0. The molecule has 104 valence electrons. The van der Waals surface area contributed by atoms with Crippen LogP contribution in [0.2, 0.25) is 0 Å². The van der Waals surface area contributed by atoms with E-state index >= 15 is 0 Å². The van der Waals surface area contributed by atoms with Gasteiger partial charge in [-0.05, 0) is 54.4 Å². The number of nitrogens with one attached hydrogen (secondary N) is 2. The van der Waals surface area contributed by atoms with Crippen LogP contribution in [0, 0.1) is 6.92 Å². The molecule has 0 amide bonds. The summed E-state index contributed by atoms with van der Waals surface area (Å²) in [4.78, 5) is 0. The van der Waals surface area contributed by atoms with Gasteiger partial charge < -0.3 is 10.6 Å². The average molecular weight is 284 g/mol. The van der Waals surface area contributed by atoms with E-state index in [0.717, 1.165) is 11.4 Å². The molecule has 0 aliphatic heterocycles. The molecule has 2 aromatic carbocycles. The molecule has 0 heterocycles. The fraction of sp³-hybridized carbons (Fsp3) is 0.235. The smallest absolute Gasteiger partial charge is 0.175 e. The largest absolute Gasteiger partial charge is 0.332 e. The first-order valence-corrected chi connectivity index (χ1v) is 7.20. The van der Waals surface area contributed by atoms with Crippen LogP contribution in [0.15, 0.2) is 48.5 Å². The van der Waals surface area contributed by atoms with Gasteiger partial charge >= 0.3 is 0 Å². The predicted octanol–water partition coefficient (Wildman–Crippen LogP) is 4.93. The highest BCUT2D eigenvalue weighted by molar-refractivity contribution is 7.80. The Morgan fingerprint density at radius 3 is 2.20 bits per heavy atom. The van der Waals surface area contributed by atoms with Crippen molar-refractivity contribution in [2.45, 2.75) is 26.7 Å². The molecule has 0 aliphatic carbocycles. The number of rotatable bonds is 3. The third-order valence-corrected chi connectivity index (χ3v) is 3.43. The number of hydrogen-bond donors (Lipinski definition) is 2. The Bertz CT molecular complexity index is 588. The quantitative estimate of drug-likeness (QED) is 0.782. The molecule has 0 aliphatic rings. The summed E-state index contributed by atoms with van der Waals surface area (Å²) >= 11 is 5.34. The lowest BCUT2D eigenvalue weighted by Crippen LogP contribution is -2.19. The van der Waals surface area contributed by atoms with Crippen LogP contribution in [-0.4, -0.2) is 5.11 Å². The van der Waals surface area contributed by atoms with Crippen LogP contribution in [0.4, 0.5) is 11.4 Å². The fourth-order valence-corrected chi connectivity index (χ4v) is 2.18. The lowest BCUT2D eigenvalue weighted by Gasteiger charge is -2.13. The number of para-hydroxylation sites is 1. The maximum absolute atomic E-state index is 5.34. The van der Waals surface area contributed by atoms with Crippen LogP contribution in [0.3, 0.4) is 0 Å². The Morgan fingerprint density at radius 1 is 0.950 bits per heavy atom. The van der Waals surface area contributed by atoms with Crippen molar-refractivity contribution in [3.05, 3.63) is 59.7 Å². The van der Waals surface area contributed by atoms with Gasteiger partial charge in [-0.15, -0.1) is 0 Å². The highest BCUT2D eigenvalue weighted by Gasteiger charge is 2.02. The Morgan fingerprint density at radius 2 is 1.60 bits per heavy atom. The molecular weight excluding hydrogens is 264 g/mol. The van der Waals surface area contributed by atoms with Gasteiger partial charge in [-0.2, -0.15) is 0 Å². The van der Waals surface area contributed by atoms with Gasteiger partial charge in [-0.25, -0.2) is 0 Å². The first kappa shape index (κ1) is 14.5. The van der Waals surface area contributed by atoms with E-state index in [-0.39, 0.29) is 0 Å².